The number of benzene rings is 4. The number of Topliss-reactive ketones (excluding diaryl/α,β-unsaturated/α-hetero) is 2. The van der Waals surface area contributed by atoms with Crippen molar-refractivity contribution in [2.24, 2.45) is 5.41 Å². The van der Waals surface area contributed by atoms with Gasteiger partial charge in [0.05, 0.1) is 23.0 Å². The molecule has 0 saturated carbocycles. The van der Waals surface area contributed by atoms with Gasteiger partial charge in [-0.05, 0) is 150 Å². The average molecular weight is 967 g/mol. The lowest BCUT2D eigenvalue weighted by molar-refractivity contribution is 0.0349. The lowest BCUT2D eigenvalue weighted by Crippen LogP contribution is -2.41. The zero-order valence-electron chi connectivity index (χ0n) is 41.3. The van der Waals surface area contributed by atoms with E-state index in [1.54, 1.807) is 35.0 Å². The van der Waals surface area contributed by atoms with E-state index in [4.69, 9.17) is 9.47 Å². The number of ether oxygens (including phenoxy) is 2. The van der Waals surface area contributed by atoms with Crippen LogP contribution in [0.5, 0.6) is 5.75 Å². The number of nitrogens with zero attached hydrogens (tertiary/aromatic N) is 8. The first-order valence-corrected chi connectivity index (χ1v) is 25.3. The van der Waals surface area contributed by atoms with Gasteiger partial charge in [-0.15, -0.1) is 20.4 Å². The molecule has 0 spiro atoms. The van der Waals surface area contributed by atoms with Gasteiger partial charge in [-0.3, -0.25) is 30.0 Å². The van der Waals surface area contributed by atoms with Crippen LogP contribution in [0.15, 0.2) is 72.8 Å². The molecule has 4 aromatic carbocycles. The van der Waals surface area contributed by atoms with Crippen LogP contribution in [0, 0.1) is 5.41 Å². The van der Waals surface area contributed by atoms with Crippen molar-refractivity contribution in [3.63, 3.8) is 0 Å². The van der Waals surface area contributed by atoms with Crippen LogP contribution in [0.1, 0.15) is 166 Å². The van der Waals surface area contributed by atoms with E-state index in [0.717, 1.165) is 88.6 Å². The summed E-state index contributed by atoms with van der Waals surface area (Å²) in [6, 6.07) is 22.4. The van der Waals surface area contributed by atoms with Crippen LogP contribution in [-0.2, 0) is 11.2 Å². The van der Waals surface area contributed by atoms with E-state index in [1.807, 2.05) is 61.0 Å². The molecule has 17 heteroatoms. The predicted molar refractivity (Wildman–Crippen MR) is 270 cm³/mol. The van der Waals surface area contributed by atoms with Gasteiger partial charge >= 0.3 is 0 Å². The fourth-order valence-electron chi connectivity index (χ4n) is 9.20. The Kier molecular flexibility index (Phi) is 15.0. The summed E-state index contributed by atoms with van der Waals surface area (Å²) < 4.78 is 14.9. The smallest absolute Gasteiger partial charge is 0.269 e. The van der Waals surface area contributed by atoms with Crippen molar-refractivity contribution < 1.29 is 28.7 Å². The number of ketones is 2. The van der Waals surface area contributed by atoms with E-state index in [2.05, 4.69) is 83.2 Å². The largest absolute Gasteiger partial charge is 0.486 e. The highest BCUT2D eigenvalue weighted by Crippen LogP contribution is 2.42. The number of amides is 2. The third-order valence-electron chi connectivity index (χ3n) is 13.9. The Morgan fingerprint density at radius 2 is 1.17 bits per heavy atom. The molecule has 0 bridgehead atoms. The first-order chi connectivity index (χ1) is 33.7. The molecule has 2 N–H and O–H groups in total. The molecule has 2 aliphatic heterocycles. The Bertz CT molecular complexity index is 3040. The second-order valence-electron chi connectivity index (χ2n) is 19.0. The molecule has 3 aromatic heterocycles. The van der Waals surface area contributed by atoms with Gasteiger partial charge in [0.25, 0.3) is 11.8 Å². The molecule has 366 valence electrons. The van der Waals surface area contributed by atoms with Crippen LogP contribution in [-0.4, -0.2) is 82.4 Å². The minimum Gasteiger partial charge on any atom is -0.486 e. The van der Waals surface area contributed by atoms with Crippen LogP contribution < -0.4 is 15.6 Å². The topological polar surface area (TPSA) is 198 Å². The molecule has 5 heterocycles. The maximum atomic E-state index is 12.9. The van der Waals surface area contributed by atoms with E-state index < -0.39 is 17.4 Å². The standard InChI is InChI=1S/C25H29N5O3.C24H25N5O2S.C4H8O/c1-5-25(6-2)13-18-8-7-16(11-19(18)22(31)14-25)23(32)27-28-24(33)17-9-10-21-20(12-17)26-29-30(21)15(3)4;1-5-24(6-2)13-20(30)17-11-15(8-10-21(17)31-24)22-26-27-23(32-22)16-7-9-19-18(12-16)25-28-29(19)14(3)4;1-2-4-5-3-1/h7-12,15H,5-6,13-14H2,1-4H3,(H,27,32)(H,28,33);7-12,14H,5-6,13H2,1-4H3;1-4H2. The highest BCUT2D eigenvalue weighted by molar-refractivity contribution is 7.17. The van der Waals surface area contributed by atoms with Gasteiger partial charge in [0, 0.05) is 59.5 Å². The van der Waals surface area contributed by atoms with Crippen LogP contribution in [0.2, 0.25) is 0 Å². The molecule has 1 fully saturated rings. The van der Waals surface area contributed by atoms with Crippen LogP contribution in [0.4, 0.5) is 0 Å². The molecular weight excluding hydrogens is 905 g/mol. The maximum absolute atomic E-state index is 12.9. The van der Waals surface area contributed by atoms with Crippen LogP contribution >= 0.6 is 11.3 Å². The monoisotopic (exact) mass is 966 g/mol. The Morgan fingerprint density at radius 3 is 1.74 bits per heavy atom. The molecule has 16 nitrogen and oxygen atoms in total. The molecule has 10 rings (SSSR count). The van der Waals surface area contributed by atoms with Gasteiger partial charge in [0.15, 0.2) is 11.6 Å². The number of hydrogen-bond acceptors (Lipinski definition) is 13. The summed E-state index contributed by atoms with van der Waals surface area (Å²) in [6.45, 7) is 18.5. The minimum absolute atomic E-state index is 0.00343. The molecule has 3 aliphatic rings. The lowest BCUT2D eigenvalue weighted by atomic mass is 9.68. The third-order valence-corrected chi connectivity index (χ3v) is 14.9. The summed E-state index contributed by atoms with van der Waals surface area (Å²) in [6.07, 6.45) is 7.82. The third kappa shape index (κ3) is 10.4. The fraction of sp³-hybridized carbons (Fsp3) is 0.434. The molecule has 2 amide bonds. The van der Waals surface area contributed by atoms with E-state index >= 15 is 0 Å². The number of rotatable bonds is 10. The Balaban J connectivity index is 0.000000171. The van der Waals surface area contributed by atoms with Crippen molar-refractivity contribution >= 4 is 56.8 Å². The van der Waals surface area contributed by atoms with Crippen LogP contribution in [0.3, 0.4) is 0 Å². The summed E-state index contributed by atoms with van der Waals surface area (Å²) in [5, 5.41) is 27.1. The van der Waals surface area contributed by atoms with Crippen LogP contribution in [0.25, 0.3) is 43.2 Å². The zero-order chi connectivity index (χ0) is 49.7. The molecule has 0 radical (unpaired) electrons. The van der Waals surface area contributed by atoms with E-state index in [-0.39, 0.29) is 29.1 Å². The molecule has 1 saturated heterocycles. The first-order valence-electron chi connectivity index (χ1n) is 24.4. The molecular formula is C53H62N10O6S. The highest BCUT2D eigenvalue weighted by atomic mass is 32.1. The summed E-state index contributed by atoms with van der Waals surface area (Å²) >= 11 is 1.49. The molecule has 70 heavy (non-hydrogen) atoms. The molecule has 0 unspecified atom stereocenters. The predicted octanol–water partition coefficient (Wildman–Crippen LogP) is 10.5. The fourth-order valence-corrected chi connectivity index (χ4v) is 10.0. The summed E-state index contributed by atoms with van der Waals surface area (Å²) in [7, 11) is 0. The maximum Gasteiger partial charge on any atom is 0.269 e. The molecule has 0 atom stereocenters. The second-order valence-corrected chi connectivity index (χ2v) is 19.9. The zero-order valence-corrected chi connectivity index (χ0v) is 42.1. The summed E-state index contributed by atoms with van der Waals surface area (Å²) in [4.78, 5) is 50.9. The number of hydrogen-bond donors (Lipinski definition) is 2. The van der Waals surface area contributed by atoms with Gasteiger partial charge in [-0.25, -0.2) is 9.36 Å². The number of carbonyl (C=O) groups excluding carboxylic acids is 4. The average Bonchev–Trinajstić information content (AvgIpc) is 4.24. The number of aromatic nitrogens is 8. The Morgan fingerprint density at radius 1 is 0.629 bits per heavy atom. The Labute approximate surface area is 411 Å². The van der Waals surface area contributed by atoms with E-state index in [0.29, 0.717) is 46.4 Å². The van der Waals surface area contributed by atoms with Crippen molar-refractivity contribution in [3.8, 4) is 26.9 Å². The van der Waals surface area contributed by atoms with Gasteiger partial charge in [-0.2, -0.15) is 0 Å². The van der Waals surface area contributed by atoms with Crippen molar-refractivity contribution in [2.45, 2.75) is 131 Å². The number of hydrazine groups is 1. The molecule has 1 aliphatic carbocycles. The van der Waals surface area contributed by atoms with Crippen molar-refractivity contribution in [1.82, 2.24) is 51.0 Å². The van der Waals surface area contributed by atoms with Crippen molar-refractivity contribution in [3.05, 3.63) is 101 Å². The van der Waals surface area contributed by atoms with Gasteiger partial charge in [-0.1, -0.05) is 55.5 Å². The minimum atomic E-state index is -0.478. The quantitative estimate of drug-likeness (QED) is 0.123. The normalized spacial score (nSPS) is 15.7. The number of carbonyl (C=O) groups is 4. The van der Waals surface area contributed by atoms with E-state index in [1.165, 1.54) is 24.2 Å². The van der Waals surface area contributed by atoms with Crippen molar-refractivity contribution in [2.75, 3.05) is 13.2 Å². The van der Waals surface area contributed by atoms with Gasteiger partial charge < -0.3 is 9.47 Å². The van der Waals surface area contributed by atoms with Gasteiger partial charge in [0.2, 0.25) is 0 Å². The second kappa shape index (κ2) is 21.1. The highest BCUT2D eigenvalue weighted by Gasteiger charge is 2.38. The number of fused-ring (bicyclic) bond motifs is 4. The van der Waals surface area contributed by atoms with Crippen molar-refractivity contribution in [1.29, 1.82) is 0 Å². The SMILES string of the molecule is C1CCOC1.CCC1(CC)CC(=O)c2cc(-c3nnc(-c4ccc5c(c4)nnn5C(C)C)s3)ccc2O1.CCC1(CC)CC(=O)c2cc(C(=O)NNC(=O)c3ccc4c(c3)nnn4C(C)C)ccc2C1. The number of nitrogens with one attached hydrogen (secondary N) is 2. The Hall–Kier alpha value is -6.72. The lowest BCUT2D eigenvalue weighted by Gasteiger charge is -2.36. The first kappa shape index (κ1) is 49.7. The van der Waals surface area contributed by atoms with E-state index in [9.17, 15) is 19.2 Å². The summed E-state index contributed by atoms with van der Waals surface area (Å²) in [5.74, 6) is -0.0820. The van der Waals surface area contributed by atoms with Gasteiger partial charge in [0.1, 0.15) is 32.4 Å². The summed E-state index contributed by atoms with van der Waals surface area (Å²) in [5.41, 5.74) is 12.5. The molecule has 7 aromatic rings.